The Bertz CT molecular complexity index is 401. The summed E-state index contributed by atoms with van der Waals surface area (Å²) in [6.45, 7) is 8.17. The van der Waals surface area contributed by atoms with Crippen LogP contribution in [0.1, 0.15) is 59.8 Å². The van der Waals surface area contributed by atoms with Crippen molar-refractivity contribution in [2.24, 2.45) is 0 Å². The van der Waals surface area contributed by atoms with Gasteiger partial charge in [-0.1, -0.05) is 32.6 Å². The molecule has 114 valence electrons. The van der Waals surface area contributed by atoms with Gasteiger partial charge in [-0.3, -0.25) is 0 Å². The van der Waals surface area contributed by atoms with Crippen molar-refractivity contribution in [1.82, 2.24) is 15.0 Å². The molecule has 0 aliphatic heterocycles. The van der Waals surface area contributed by atoms with E-state index in [9.17, 15) is 0 Å². The summed E-state index contributed by atoms with van der Waals surface area (Å²) in [7, 11) is 0. The molecule has 0 spiro atoms. The maximum atomic E-state index is 5.88. The van der Waals surface area contributed by atoms with Crippen LogP contribution in [-0.4, -0.2) is 27.1 Å². The predicted octanol–water partition coefficient (Wildman–Crippen LogP) is 4.08. The first-order valence-electron chi connectivity index (χ1n) is 7.36. The van der Waals surface area contributed by atoms with E-state index in [2.05, 4.69) is 34.1 Å². The Morgan fingerprint density at radius 2 is 1.85 bits per heavy atom. The lowest BCUT2D eigenvalue weighted by Crippen LogP contribution is -2.18. The quantitative estimate of drug-likeness (QED) is 0.696. The molecular weight excluding hydrogens is 276 g/mol. The van der Waals surface area contributed by atoms with Crippen LogP contribution in [0.5, 0.6) is 6.01 Å². The monoisotopic (exact) mass is 300 g/mol. The number of hydrogen-bond acceptors (Lipinski definition) is 5. The maximum Gasteiger partial charge on any atom is 0.322 e. The lowest BCUT2D eigenvalue weighted by atomic mass is 10.1. The summed E-state index contributed by atoms with van der Waals surface area (Å²) in [5.41, 5.74) is 0. The topological polar surface area (TPSA) is 59.9 Å². The van der Waals surface area contributed by atoms with Gasteiger partial charge in [-0.25, -0.2) is 0 Å². The first-order chi connectivity index (χ1) is 9.51. The third-order valence-electron chi connectivity index (χ3n) is 2.79. The summed E-state index contributed by atoms with van der Waals surface area (Å²) in [6, 6.07) is 0.568. The van der Waals surface area contributed by atoms with E-state index in [1.54, 1.807) is 0 Å². The molecule has 1 heterocycles. The van der Waals surface area contributed by atoms with E-state index in [0.29, 0.717) is 12.0 Å². The van der Waals surface area contributed by atoms with Gasteiger partial charge in [0.25, 0.3) is 0 Å². The van der Waals surface area contributed by atoms with E-state index in [4.69, 9.17) is 16.3 Å². The molecule has 1 rings (SSSR count). The van der Waals surface area contributed by atoms with Crippen molar-refractivity contribution >= 4 is 17.5 Å². The Hall–Kier alpha value is -1.10. The molecule has 20 heavy (non-hydrogen) atoms. The van der Waals surface area contributed by atoms with Gasteiger partial charge in [-0.05, 0) is 38.8 Å². The highest BCUT2D eigenvalue weighted by Gasteiger charge is 2.10. The number of hydrogen-bond donors (Lipinski definition) is 1. The van der Waals surface area contributed by atoms with E-state index in [1.165, 1.54) is 25.7 Å². The van der Waals surface area contributed by atoms with Crippen LogP contribution in [0.25, 0.3) is 0 Å². The van der Waals surface area contributed by atoms with Crippen LogP contribution < -0.4 is 10.1 Å². The van der Waals surface area contributed by atoms with E-state index >= 15 is 0 Å². The summed E-state index contributed by atoms with van der Waals surface area (Å²) in [4.78, 5) is 12.2. The average Bonchev–Trinajstić information content (AvgIpc) is 2.33. The van der Waals surface area contributed by atoms with Crippen LogP contribution in [0.3, 0.4) is 0 Å². The second-order valence-electron chi connectivity index (χ2n) is 5.27. The van der Waals surface area contributed by atoms with Crippen LogP contribution in [0, 0.1) is 0 Å². The average molecular weight is 301 g/mol. The summed E-state index contributed by atoms with van der Waals surface area (Å²) >= 11 is 5.88. The lowest BCUT2D eigenvalue weighted by Gasteiger charge is -2.14. The highest BCUT2D eigenvalue weighted by Crippen LogP contribution is 2.15. The molecule has 6 heteroatoms. The normalized spacial score (nSPS) is 12.5. The van der Waals surface area contributed by atoms with E-state index < -0.39 is 0 Å². The molecule has 1 atom stereocenters. The minimum atomic E-state index is 0.00721. The molecular formula is C14H25ClN4O. The van der Waals surface area contributed by atoms with Crippen LogP contribution >= 0.6 is 11.6 Å². The predicted molar refractivity (Wildman–Crippen MR) is 82.4 cm³/mol. The molecule has 0 aromatic carbocycles. The van der Waals surface area contributed by atoms with Gasteiger partial charge in [0.05, 0.1) is 6.10 Å². The highest BCUT2D eigenvalue weighted by atomic mass is 35.5. The second kappa shape index (κ2) is 8.95. The fourth-order valence-corrected chi connectivity index (χ4v) is 1.98. The van der Waals surface area contributed by atoms with Gasteiger partial charge in [0.1, 0.15) is 0 Å². The number of ether oxygens (including phenoxy) is 1. The Morgan fingerprint density at radius 3 is 2.50 bits per heavy atom. The number of halogens is 1. The maximum absolute atomic E-state index is 5.88. The lowest BCUT2D eigenvalue weighted by molar-refractivity contribution is 0.222. The van der Waals surface area contributed by atoms with Gasteiger partial charge in [-0.15, -0.1) is 0 Å². The Balaban J connectivity index is 2.51. The van der Waals surface area contributed by atoms with E-state index in [0.717, 1.165) is 6.42 Å². The molecule has 0 fully saturated rings. The van der Waals surface area contributed by atoms with Crippen LogP contribution in [-0.2, 0) is 0 Å². The van der Waals surface area contributed by atoms with Crippen molar-refractivity contribution < 1.29 is 4.74 Å². The molecule has 0 bridgehead atoms. The molecule has 0 saturated carbocycles. The number of rotatable bonds is 9. The molecule has 1 aromatic heterocycles. The largest absolute Gasteiger partial charge is 0.461 e. The molecule has 0 radical (unpaired) electrons. The van der Waals surface area contributed by atoms with Crippen LogP contribution in [0.4, 0.5) is 5.95 Å². The first kappa shape index (κ1) is 17.0. The third-order valence-corrected chi connectivity index (χ3v) is 2.96. The minimum Gasteiger partial charge on any atom is -0.461 e. The molecule has 0 aliphatic carbocycles. The molecule has 0 aliphatic rings. The van der Waals surface area contributed by atoms with Gasteiger partial charge in [0.15, 0.2) is 0 Å². The summed E-state index contributed by atoms with van der Waals surface area (Å²) < 4.78 is 5.44. The van der Waals surface area contributed by atoms with E-state index in [1.807, 2.05) is 13.8 Å². The Kier molecular flexibility index (Phi) is 7.59. The van der Waals surface area contributed by atoms with Gasteiger partial charge < -0.3 is 10.1 Å². The van der Waals surface area contributed by atoms with Gasteiger partial charge in [0, 0.05) is 6.04 Å². The molecule has 1 unspecified atom stereocenters. The van der Waals surface area contributed by atoms with Crippen molar-refractivity contribution in [3.8, 4) is 6.01 Å². The molecule has 0 saturated heterocycles. The fraction of sp³-hybridized carbons (Fsp3) is 0.786. The van der Waals surface area contributed by atoms with Crippen molar-refractivity contribution in [1.29, 1.82) is 0 Å². The Labute approximate surface area is 126 Å². The van der Waals surface area contributed by atoms with Gasteiger partial charge in [-0.2, -0.15) is 15.0 Å². The number of aromatic nitrogens is 3. The first-order valence-corrected chi connectivity index (χ1v) is 7.73. The standard InChI is InChI=1S/C14H25ClN4O/c1-5-6-7-8-9-11(4)16-13-17-12(15)18-14(19-13)20-10(2)3/h10-11H,5-9H2,1-4H3,(H,16,17,18,19). The molecule has 5 nitrogen and oxygen atoms in total. The van der Waals surface area contributed by atoms with Gasteiger partial charge in [0.2, 0.25) is 11.2 Å². The van der Waals surface area contributed by atoms with E-state index in [-0.39, 0.29) is 17.4 Å². The zero-order chi connectivity index (χ0) is 15.0. The number of nitrogens with one attached hydrogen (secondary N) is 1. The van der Waals surface area contributed by atoms with Crippen LogP contribution in [0.2, 0.25) is 5.28 Å². The van der Waals surface area contributed by atoms with Crippen molar-refractivity contribution in [3.63, 3.8) is 0 Å². The minimum absolute atomic E-state index is 0.00721. The van der Waals surface area contributed by atoms with Crippen molar-refractivity contribution in [2.75, 3.05) is 5.32 Å². The fourth-order valence-electron chi connectivity index (χ4n) is 1.83. The van der Waals surface area contributed by atoms with Crippen molar-refractivity contribution in [2.45, 2.75) is 71.9 Å². The number of nitrogens with zero attached hydrogens (tertiary/aromatic N) is 3. The SMILES string of the molecule is CCCCCCC(C)Nc1nc(Cl)nc(OC(C)C)n1. The molecule has 0 amide bonds. The van der Waals surface area contributed by atoms with Gasteiger partial charge >= 0.3 is 6.01 Å². The van der Waals surface area contributed by atoms with Crippen LogP contribution in [0.15, 0.2) is 0 Å². The Morgan fingerprint density at radius 1 is 1.10 bits per heavy atom. The smallest absolute Gasteiger partial charge is 0.322 e. The molecule has 1 aromatic rings. The summed E-state index contributed by atoms with van der Waals surface area (Å²) in [6.07, 6.45) is 6.10. The highest BCUT2D eigenvalue weighted by molar-refractivity contribution is 6.28. The summed E-state index contributed by atoms with van der Waals surface area (Å²) in [5, 5.41) is 3.40. The third kappa shape index (κ3) is 6.89. The number of anilines is 1. The second-order valence-corrected chi connectivity index (χ2v) is 5.61. The number of unbranched alkanes of at least 4 members (excludes halogenated alkanes) is 3. The van der Waals surface area contributed by atoms with Crippen molar-refractivity contribution in [3.05, 3.63) is 5.28 Å². The zero-order valence-corrected chi connectivity index (χ0v) is 13.6. The summed E-state index contributed by atoms with van der Waals surface area (Å²) in [5.74, 6) is 0.476. The molecule has 1 N–H and O–H groups in total. The zero-order valence-electron chi connectivity index (χ0n) is 12.8.